The number of nitrogens with zero attached hydrogens (tertiary/aromatic N) is 2. The Morgan fingerprint density at radius 3 is 2.81 bits per heavy atom. The Labute approximate surface area is 125 Å². The predicted molar refractivity (Wildman–Crippen MR) is 81.3 cm³/mol. The van der Waals surface area contributed by atoms with Gasteiger partial charge in [0.15, 0.2) is 0 Å². The average Bonchev–Trinajstić information content (AvgIpc) is 3.08. The van der Waals surface area contributed by atoms with Crippen LogP contribution in [0.2, 0.25) is 0 Å². The molecule has 3 rings (SSSR count). The summed E-state index contributed by atoms with van der Waals surface area (Å²) in [6.45, 7) is 6.77. The molecule has 4 heteroatoms. The van der Waals surface area contributed by atoms with E-state index >= 15 is 0 Å². The molecule has 21 heavy (non-hydrogen) atoms. The molecule has 0 amide bonds. The van der Waals surface area contributed by atoms with Gasteiger partial charge in [-0.05, 0) is 45.4 Å². The monoisotopic (exact) mass is 286 g/mol. The minimum Gasteiger partial charge on any atom is -0.492 e. The molecule has 0 spiro atoms. The van der Waals surface area contributed by atoms with Crippen molar-refractivity contribution in [3.05, 3.63) is 47.3 Å². The second kappa shape index (κ2) is 6.31. The van der Waals surface area contributed by atoms with E-state index in [0.29, 0.717) is 6.04 Å². The third-order valence-electron chi connectivity index (χ3n) is 4.23. The van der Waals surface area contributed by atoms with E-state index in [-0.39, 0.29) is 0 Å². The lowest BCUT2D eigenvalue weighted by atomic mass is 10.1. The Morgan fingerprint density at radius 2 is 2.10 bits per heavy atom. The van der Waals surface area contributed by atoms with Crippen molar-refractivity contribution in [1.82, 2.24) is 10.1 Å². The molecule has 2 aromatic rings. The quantitative estimate of drug-likeness (QED) is 0.845. The summed E-state index contributed by atoms with van der Waals surface area (Å²) in [5.74, 6) is 1.88. The van der Waals surface area contributed by atoms with Crippen LogP contribution in [-0.2, 0) is 6.54 Å². The SMILES string of the molecule is Cc1noc(C)c1CN1CCC[C@@H]1COc1ccccc1. The summed E-state index contributed by atoms with van der Waals surface area (Å²) in [7, 11) is 0. The van der Waals surface area contributed by atoms with Crippen molar-refractivity contribution in [1.29, 1.82) is 0 Å². The molecular formula is C17H22N2O2. The summed E-state index contributed by atoms with van der Waals surface area (Å²) in [5.41, 5.74) is 2.23. The average molecular weight is 286 g/mol. The van der Waals surface area contributed by atoms with Gasteiger partial charge in [0.25, 0.3) is 0 Å². The number of ether oxygens (including phenoxy) is 1. The van der Waals surface area contributed by atoms with Crippen molar-refractivity contribution in [3.63, 3.8) is 0 Å². The predicted octanol–water partition coefficient (Wildman–Crippen LogP) is 3.33. The highest BCUT2D eigenvalue weighted by Gasteiger charge is 2.26. The minimum atomic E-state index is 0.471. The van der Waals surface area contributed by atoms with Gasteiger partial charge in [-0.1, -0.05) is 23.4 Å². The van der Waals surface area contributed by atoms with E-state index in [1.807, 2.05) is 44.2 Å². The molecule has 112 valence electrons. The van der Waals surface area contributed by atoms with Crippen LogP contribution in [0.4, 0.5) is 0 Å². The van der Waals surface area contributed by atoms with Crippen LogP contribution >= 0.6 is 0 Å². The van der Waals surface area contributed by atoms with Crippen LogP contribution in [0, 0.1) is 13.8 Å². The van der Waals surface area contributed by atoms with Gasteiger partial charge in [-0.25, -0.2) is 0 Å². The fourth-order valence-electron chi connectivity index (χ4n) is 2.93. The fourth-order valence-corrected chi connectivity index (χ4v) is 2.93. The first-order chi connectivity index (χ1) is 10.2. The van der Waals surface area contributed by atoms with E-state index in [1.54, 1.807) is 0 Å². The molecule has 0 N–H and O–H groups in total. The van der Waals surface area contributed by atoms with Gasteiger partial charge < -0.3 is 9.26 Å². The van der Waals surface area contributed by atoms with Gasteiger partial charge >= 0.3 is 0 Å². The van der Waals surface area contributed by atoms with Gasteiger partial charge in [0.2, 0.25) is 0 Å². The zero-order chi connectivity index (χ0) is 14.7. The van der Waals surface area contributed by atoms with Crippen LogP contribution in [0.1, 0.15) is 29.9 Å². The molecule has 0 radical (unpaired) electrons. The first kappa shape index (κ1) is 14.1. The van der Waals surface area contributed by atoms with E-state index < -0.39 is 0 Å². The molecule has 4 nitrogen and oxygen atoms in total. The highest BCUT2D eigenvalue weighted by atomic mass is 16.5. The summed E-state index contributed by atoms with van der Waals surface area (Å²) >= 11 is 0. The van der Waals surface area contributed by atoms with Crippen LogP contribution in [-0.4, -0.2) is 29.3 Å². The van der Waals surface area contributed by atoms with Crippen LogP contribution in [0.25, 0.3) is 0 Å². The first-order valence-corrected chi connectivity index (χ1v) is 7.57. The van der Waals surface area contributed by atoms with Gasteiger partial charge in [-0.3, -0.25) is 4.90 Å². The number of hydrogen-bond donors (Lipinski definition) is 0. The zero-order valence-electron chi connectivity index (χ0n) is 12.7. The number of para-hydroxylation sites is 1. The number of aromatic nitrogens is 1. The number of rotatable bonds is 5. The molecule has 0 bridgehead atoms. The third-order valence-corrected chi connectivity index (χ3v) is 4.23. The zero-order valence-corrected chi connectivity index (χ0v) is 12.7. The maximum atomic E-state index is 5.92. The maximum absolute atomic E-state index is 5.92. The summed E-state index contributed by atoms with van der Waals surface area (Å²) in [6.07, 6.45) is 2.42. The molecule has 1 aromatic carbocycles. The van der Waals surface area contributed by atoms with Gasteiger partial charge in [0.1, 0.15) is 18.1 Å². The number of aryl methyl sites for hydroxylation is 2. The van der Waals surface area contributed by atoms with Crippen LogP contribution in [0.15, 0.2) is 34.9 Å². The minimum absolute atomic E-state index is 0.471. The van der Waals surface area contributed by atoms with Crippen molar-refractivity contribution >= 4 is 0 Å². The molecule has 1 aromatic heterocycles. The van der Waals surface area contributed by atoms with Crippen LogP contribution < -0.4 is 4.74 Å². The first-order valence-electron chi connectivity index (χ1n) is 7.57. The van der Waals surface area contributed by atoms with Crippen molar-refractivity contribution in [2.24, 2.45) is 0 Å². The topological polar surface area (TPSA) is 38.5 Å². The summed E-state index contributed by atoms with van der Waals surface area (Å²) < 4.78 is 11.2. The van der Waals surface area contributed by atoms with E-state index in [0.717, 1.165) is 36.9 Å². The lowest BCUT2D eigenvalue weighted by Crippen LogP contribution is -2.34. The smallest absolute Gasteiger partial charge is 0.138 e. The Bertz CT molecular complexity index is 560. The maximum Gasteiger partial charge on any atom is 0.138 e. The summed E-state index contributed by atoms with van der Waals surface area (Å²) in [4.78, 5) is 2.48. The Balaban J connectivity index is 1.60. The third kappa shape index (κ3) is 3.27. The highest BCUT2D eigenvalue weighted by molar-refractivity contribution is 5.22. The van der Waals surface area contributed by atoms with Crippen LogP contribution in [0.3, 0.4) is 0 Å². The Morgan fingerprint density at radius 1 is 1.29 bits per heavy atom. The number of benzene rings is 1. The largest absolute Gasteiger partial charge is 0.492 e. The lowest BCUT2D eigenvalue weighted by molar-refractivity contribution is 0.166. The lowest BCUT2D eigenvalue weighted by Gasteiger charge is -2.24. The van der Waals surface area contributed by atoms with Gasteiger partial charge in [-0.15, -0.1) is 0 Å². The van der Waals surface area contributed by atoms with Crippen molar-refractivity contribution in [3.8, 4) is 5.75 Å². The standard InChI is InChI=1S/C17H22N2O2/c1-13-17(14(2)21-18-13)11-19-10-6-7-15(19)12-20-16-8-4-3-5-9-16/h3-5,8-9,15H,6-7,10-12H2,1-2H3/t15-/m1/s1. The van der Waals surface area contributed by atoms with Crippen molar-refractivity contribution < 1.29 is 9.26 Å². The summed E-state index contributed by atoms with van der Waals surface area (Å²) in [5, 5.41) is 4.04. The molecule has 1 aliphatic heterocycles. The van der Waals surface area contributed by atoms with Crippen molar-refractivity contribution in [2.75, 3.05) is 13.2 Å². The van der Waals surface area contributed by atoms with Crippen molar-refractivity contribution in [2.45, 2.75) is 39.3 Å². The molecule has 0 unspecified atom stereocenters. The number of hydrogen-bond acceptors (Lipinski definition) is 4. The molecular weight excluding hydrogens is 264 g/mol. The normalized spacial score (nSPS) is 19.0. The second-order valence-corrected chi connectivity index (χ2v) is 5.69. The molecule has 1 fully saturated rings. The fraction of sp³-hybridized carbons (Fsp3) is 0.471. The molecule has 2 heterocycles. The van der Waals surface area contributed by atoms with E-state index in [2.05, 4.69) is 10.1 Å². The second-order valence-electron chi connectivity index (χ2n) is 5.69. The molecule has 1 saturated heterocycles. The Hall–Kier alpha value is -1.81. The van der Waals surface area contributed by atoms with E-state index in [4.69, 9.17) is 9.26 Å². The van der Waals surface area contributed by atoms with E-state index in [1.165, 1.54) is 18.4 Å². The van der Waals surface area contributed by atoms with Gasteiger partial charge in [0.05, 0.1) is 5.69 Å². The van der Waals surface area contributed by atoms with Crippen LogP contribution in [0.5, 0.6) is 5.75 Å². The van der Waals surface area contributed by atoms with Gasteiger partial charge in [0, 0.05) is 18.2 Å². The number of likely N-dealkylation sites (tertiary alicyclic amines) is 1. The summed E-state index contributed by atoms with van der Waals surface area (Å²) in [6, 6.07) is 10.5. The molecule has 1 atom stereocenters. The molecule has 0 aliphatic carbocycles. The van der Waals surface area contributed by atoms with Gasteiger partial charge in [-0.2, -0.15) is 0 Å². The molecule has 1 aliphatic rings. The van der Waals surface area contributed by atoms with E-state index in [9.17, 15) is 0 Å². The molecule has 0 saturated carbocycles. The Kier molecular flexibility index (Phi) is 4.25. The highest BCUT2D eigenvalue weighted by Crippen LogP contribution is 2.24.